The van der Waals surface area contributed by atoms with Crippen molar-refractivity contribution in [1.82, 2.24) is 9.62 Å². The molecule has 0 amide bonds. The zero-order valence-electron chi connectivity index (χ0n) is 16.5. The Balaban J connectivity index is 1.83. The van der Waals surface area contributed by atoms with E-state index in [1.807, 2.05) is 31.2 Å². The molecule has 1 heterocycles. The highest BCUT2D eigenvalue weighted by molar-refractivity contribution is 7.89. The molecule has 2 aromatic rings. The molecular formula is C21H26N2O5S. The van der Waals surface area contributed by atoms with Crippen LogP contribution in [0.2, 0.25) is 0 Å². The molecule has 1 aliphatic rings. The molecule has 2 aromatic carbocycles. The second-order valence-electron chi connectivity index (χ2n) is 7.00. The molecule has 0 aromatic heterocycles. The SMILES string of the molecule is CCN[C@@H]1CCN(S(=O)(=O)c2ccc(-c3ccc(OC)cc3)cc2)[C@@H](C(=O)O)C1. The van der Waals surface area contributed by atoms with Crippen LogP contribution in [0.1, 0.15) is 19.8 Å². The smallest absolute Gasteiger partial charge is 0.322 e. The van der Waals surface area contributed by atoms with Crippen LogP contribution >= 0.6 is 0 Å². The number of benzene rings is 2. The van der Waals surface area contributed by atoms with Gasteiger partial charge >= 0.3 is 5.97 Å². The largest absolute Gasteiger partial charge is 0.497 e. The van der Waals surface area contributed by atoms with Gasteiger partial charge in [-0.25, -0.2) is 8.42 Å². The summed E-state index contributed by atoms with van der Waals surface area (Å²) in [6, 6.07) is 12.9. The quantitative estimate of drug-likeness (QED) is 0.718. The van der Waals surface area contributed by atoms with Crippen LogP contribution in [0.5, 0.6) is 5.75 Å². The number of ether oxygens (including phenoxy) is 1. The molecule has 2 atom stereocenters. The van der Waals surface area contributed by atoms with Crippen molar-refractivity contribution in [3.8, 4) is 16.9 Å². The van der Waals surface area contributed by atoms with Crippen molar-refractivity contribution < 1.29 is 23.1 Å². The number of carboxylic acid groups (broad SMARTS) is 1. The Hall–Kier alpha value is -2.42. The molecular weight excluding hydrogens is 392 g/mol. The summed E-state index contributed by atoms with van der Waals surface area (Å²) in [5.41, 5.74) is 1.80. The van der Waals surface area contributed by atoms with Crippen LogP contribution in [0.15, 0.2) is 53.4 Å². The second-order valence-corrected chi connectivity index (χ2v) is 8.89. The first-order valence-corrected chi connectivity index (χ1v) is 11.0. The van der Waals surface area contributed by atoms with Crippen LogP contribution in [0.4, 0.5) is 0 Å². The van der Waals surface area contributed by atoms with Gasteiger partial charge in [0.25, 0.3) is 0 Å². The second kappa shape index (κ2) is 8.94. The number of piperidine rings is 1. The minimum Gasteiger partial charge on any atom is -0.497 e. The summed E-state index contributed by atoms with van der Waals surface area (Å²) in [7, 11) is -2.30. The van der Waals surface area contributed by atoms with Crippen LogP contribution in [-0.4, -0.2) is 56.1 Å². The molecule has 1 saturated heterocycles. The number of sulfonamides is 1. The van der Waals surface area contributed by atoms with E-state index in [-0.39, 0.29) is 23.9 Å². The van der Waals surface area contributed by atoms with E-state index in [0.29, 0.717) is 6.42 Å². The summed E-state index contributed by atoms with van der Waals surface area (Å²) in [4.78, 5) is 11.8. The van der Waals surface area contributed by atoms with Gasteiger partial charge < -0.3 is 15.2 Å². The molecule has 0 spiro atoms. The lowest BCUT2D eigenvalue weighted by molar-refractivity contribution is -0.142. The lowest BCUT2D eigenvalue weighted by Crippen LogP contribution is -2.53. The number of nitrogens with zero attached hydrogens (tertiary/aromatic N) is 1. The van der Waals surface area contributed by atoms with Gasteiger partial charge in [-0.2, -0.15) is 4.31 Å². The van der Waals surface area contributed by atoms with Crippen molar-refractivity contribution in [3.63, 3.8) is 0 Å². The first kappa shape index (κ1) is 21.3. The number of hydrogen-bond acceptors (Lipinski definition) is 5. The third-order valence-electron chi connectivity index (χ3n) is 5.22. The summed E-state index contributed by atoms with van der Waals surface area (Å²) in [6.07, 6.45) is 0.840. The average molecular weight is 419 g/mol. The molecule has 0 unspecified atom stereocenters. The van der Waals surface area contributed by atoms with E-state index in [0.717, 1.165) is 27.7 Å². The molecule has 7 nitrogen and oxygen atoms in total. The summed E-state index contributed by atoms with van der Waals surface area (Å²) < 4.78 is 32.5. The van der Waals surface area contributed by atoms with Crippen LogP contribution in [0.25, 0.3) is 11.1 Å². The normalized spacial score (nSPS) is 20.3. The van der Waals surface area contributed by atoms with Gasteiger partial charge in [-0.05, 0) is 54.8 Å². The van der Waals surface area contributed by atoms with E-state index in [2.05, 4.69) is 5.32 Å². The zero-order valence-corrected chi connectivity index (χ0v) is 17.4. The van der Waals surface area contributed by atoms with Crippen LogP contribution < -0.4 is 10.1 Å². The number of hydrogen-bond donors (Lipinski definition) is 2. The highest BCUT2D eigenvalue weighted by atomic mass is 32.2. The molecule has 3 rings (SSSR count). The predicted molar refractivity (Wildman–Crippen MR) is 110 cm³/mol. The highest BCUT2D eigenvalue weighted by Gasteiger charge is 2.40. The Morgan fingerprint density at radius 2 is 1.72 bits per heavy atom. The molecule has 0 bridgehead atoms. The maximum absolute atomic E-state index is 13.1. The number of methoxy groups -OCH3 is 1. The molecule has 0 aliphatic carbocycles. The Bertz CT molecular complexity index is 942. The van der Waals surface area contributed by atoms with Crippen molar-refractivity contribution in [2.75, 3.05) is 20.2 Å². The molecule has 2 N–H and O–H groups in total. The van der Waals surface area contributed by atoms with Crippen molar-refractivity contribution in [2.24, 2.45) is 0 Å². The first-order valence-electron chi connectivity index (χ1n) is 9.59. The predicted octanol–water partition coefficient (Wildman–Crippen LogP) is 2.58. The number of aliphatic carboxylic acids is 1. The number of carbonyl (C=O) groups is 1. The lowest BCUT2D eigenvalue weighted by atomic mass is 9.99. The fourth-order valence-corrected chi connectivity index (χ4v) is 5.28. The third-order valence-corrected chi connectivity index (χ3v) is 7.14. The van der Waals surface area contributed by atoms with Gasteiger partial charge in [0.2, 0.25) is 10.0 Å². The van der Waals surface area contributed by atoms with E-state index in [1.54, 1.807) is 19.2 Å². The molecule has 1 fully saturated rings. The standard InChI is InChI=1S/C21H26N2O5S/c1-3-22-17-12-13-23(20(14-17)21(24)25)29(26,27)19-10-6-16(7-11-19)15-4-8-18(28-2)9-5-15/h4-11,17,20,22H,3,12-14H2,1-2H3,(H,24,25)/t17-,20-/m1/s1. The summed E-state index contributed by atoms with van der Waals surface area (Å²) in [5.74, 6) is -0.375. The van der Waals surface area contributed by atoms with Crippen molar-refractivity contribution in [1.29, 1.82) is 0 Å². The van der Waals surface area contributed by atoms with Crippen molar-refractivity contribution >= 4 is 16.0 Å². The van der Waals surface area contributed by atoms with Gasteiger partial charge in [0.1, 0.15) is 11.8 Å². The van der Waals surface area contributed by atoms with Gasteiger partial charge in [0.05, 0.1) is 12.0 Å². The lowest BCUT2D eigenvalue weighted by Gasteiger charge is -2.36. The zero-order chi connectivity index (χ0) is 21.0. The van der Waals surface area contributed by atoms with E-state index in [9.17, 15) is 18.3 Å². The van der Waals surface area contributed by atoms with Crippen LogP contribution in [0.3, 0.4) is 0 Å². The molecule has 1 aliphatic heterocycles. The third kappa shape index (κ3) is 4.60. The highest BCUT2D eigenvalue weighted by Crippen LogP contribution is 2.28. The fourth-order valence-electron chi connectivity index (χ4n) is 3.67. The van der Waals surface area contributed by atoms with Gasteiger partial charge in [-0.15, -0.1) is 0 Å². The molecule has 8 heteroatoms. The maximum atomic E-state index is 13.1. The number of nitrogens with one attached hydrogen (secondary N) is 1. The minimum absolute atomic E-state index is 0.00463. The van der Waals surface area contributed by atoms with Crippen LogP contribution in [0, 0.1) is 0 Å². The Morgan fingerprint density at radius 1 is 1.14 bits per heavy atom. The Kier molecular flexibility index (Phi) is 6.56. The molecule has 156 valence electrons. The topological polar surface area (TPSA) is 95.9 Å². The van der Waals surface area contributed by atoms with Crippen molar-refractivity contribution in [2.45, 2.75) is 36.7 Å². The summed E-state index contributed by atoms with van der Waals surface area (Å²) in [6.45, 7) is 2.84. The van der Waals surface area contributed by atoms with E-state index in [4.69, 9.17) is 4.74 Å². The molecule has 29 heavy (non-hydrogen) atoms. The van der Waals surface area contributed by atoms with Gasteiger partial charge in [0, 0.05) is 12.6 Å². The molecule has 0 saturated carbocycles. The minimum atomic E-state index is -3.90. The first-order chi connectivity index (χ1) is 13.9. The molecule has 0 radical (unpaired) electrons. The van der Waals surface area contributed by atoms with E-state index in [1.165, 1.54) is 12.1 Å². The maximum Gasteiger partial charge on any atom is 0.322 e. The van der Waals surface area contributed by atoms with E-state index < -0.39 is 22.0 Å². The van der Waals surface area contributed by atoms with E-state index >= 15 is 0 Å². The van der Waals surface area contributed by atoms with Gasteiger partial charge in [0.15, 0.2) is 0 Å². The van der Waals surface area contributed by atoms with Crippen molar-refractivity contribution in [3.05, 3.63) is 48.5 Å². The monoisotopic (exact) mass is 418 g/mol. The van der Waals surface area contributed by atoms with Crippen LogP contribution in [-0.2, 0) is 14.8 Å². The number of rotatable bonds is 7. The Labute approximate surface area is 171 Å². The van der Waals surface area contributed by atoms with Gasteiger partial charge in [-0.3, -0.25) is 4.79 Å². The summed E-state index contributed by atoms with van der Waals surface area (Å²) >= 11 is 0. The fraction of sp³-hybridized carbons (Fsp3) is 0.381. The average Bonchev–Trinajstić information content (AvgIpc) is 2.74. The Morgan fingerprint density at radius 3 is 2.24 bits per heavy atom. The van der Waals surface area contributed by atoms with Gasteiger partial charge in [-0.1, -0.05) is 31.2 Å². The number of carboxylic acids is 1. The summed E-state index contributed by atoms with van der Waals surface area (Å²) in [5, 5.41) is 12.8.